The summed E-state index contributed by atoms with van der Waals surface area (Å²) in [6, 6.07) is 5.13. The third-order valence-corrected chi connectivity index (χ3v) is 5.31. The van der Waals surface area contributed by atoms with Crippen LogP contribution in [0.15, 0.2) is 29.2 Å². The zero-order chi connectivity index (χ0) is 15.5. The number of ether oxygens (including phenoxy) is 1. The van der Waals surface area contributed by atoms with Gasteiger partial charge >= 0.3 is 5.97 Å². The summed E-state index contributed by atoms with van der Waals surface area (Å²) in [5.41, 5.74) is 0. The Hall–Kier alpha value is -1.60. The fourth-order valence-electron chi connectivity index (χ4n) is 2.34. The number of sulfonamides is 1. The van der Waals surface area contributed by atoms with Crippen LogP contribution in [0.2, 0.25) is 0 Å². The lowest BCUT2D eigenvalue weighted by molar-refractivity contribution is -0.140. The molecule has 7 heteroatoms. The fraction of sp³-hybridized carbons (Fsp3) is 0.500. The third-order valence-electron chi connectivity index (χ3n) is 3.39. The minimum atomic E-state index is -3.77. The largest absolute Gasteiger partial charge is 0.494 e. The predicted octanol–water partition coefficient (Wildman–Crippen LogP) is 1.71. The van der Waals surface area contributed by atoms with E-state index < -0.39 is 22.0 Å². The van der Waals surface area contributed by atoms with Crippen molar-refractivity contribution in [1.29, 1.82) is 0 Å². The molecule has 0 amide bonds. The van der Waals surface area contributed by atoms with Crippen LogP contribution in [0.25, 0.3) is 0 Å². The van der Waals surface area contributed by atoms with Crippen molar-refractivity contribution in [2.75, 3.05) is 13.2 Å². The van der Waals surface area contributed by atoms with Gasteiger partial charge in [0.1, 0.15) is 11.8 Å². The molecule has 21 heavy (non-hydrogen) atoms. The van der Waals surface area contributed by atoms with Gasteiger partial charge in [-0.15, -0.1) is 0 Å². The number of aliphatic carboxylic acids is 1. The van der Waals surface area contributed by atoms with E-state index >= 15 is 0 Å². The fourth-order valence-corrected chi connectivity index (χ4v) is 3.99. The Morgan fingerprint density at radius 1 is 1.38 bits per heavy atom. The number of nitrogens with zero attached hydrogens (tertiary/aromatic N) is 1. The first-order valence-corrected chi connectivity index (χ1v) is 8.38. The van der Waals surface area contributed by atoms with Crippen molar-refractivity contribution in [2.24, 2.45) is 0 Å². The first kappa shape index (κ1) is 15.8. The van der Waals surface area contributed by atoms with Crippen molar-refractivity contribution in [3.63, 3.8) is 0 Å². The molecule has 1 fully saturated rings. The molecule has 0 spiro atoms. The topological polar surface area (TPSA) is 83.9 Å². The van der Waals surface area contributed by atoms with E-state index in [4.69, 9.17) is 9.84 Å². The molecule has 116 valence electrons. The lowest BCUT2D eigenvalue weighted by atomic mass is 10.2. The monoisotopic (exact) mass is 313 g/mol. The molecule has 1 aromatic carbocycles. The van der Waals surface area contributed by atoms with Gasteiger partial charge in [0.2, 0.25) is 10.0 Å². The van der Waals surface area contributed by atoms with Gasteiger partial charge in [-0.1, -0.05) is 6.92 Å². The average molecular weight is 313 g/mol. The average Bonchev–Trinajstić information content (AvgIpc) is 2.96. The van der Waals surface area contributed by atoms with Crippen LogP contribution in [-0.2, 0) is 14.8 Å². The van der Waals surface area contributed by atoms with Crippen molar-refractivity contribution < 1.29 is 23.1 Å². The number of rotatable bonds is 6. The molecule has 1 atom stereocenters. The second-order valence-electron chi connectivity index (χ2n) is 4.93. The molecule has 0 saturated carbocycles. The maximum Gasteiger partial charge on any atom is 0.322 e. The zero-order valence-corrected chi connectivity index (χ0v) is 12.7. The van der Waals surface area contributed by atoms with Crippen LogP contribution in [0.5, 0.6) is 5.75 Å². The van der Waals surface area contributed by atoms with Gasteiger partial charge in [-0.3, -0.25) is 4.79 Å². The first-order chi connectivity index (χ1) is 9.96. The van der Waals surface area contributed by atoms with Gasteiger partial charge < -0.3 is 9.84 Å². The Bertz CT molecular complexity index is 596. The van der Waals surface area contributed by atoms with E-state index in [9.17, 15) is 13.2 Å². The molecule has 1 unspecified atom stereocenters. The van der Waals surface area contributed by atoms with Crippen molar-refractivity contribution >= 4 is 16.0 Å². The molecule has 0 aliphatic carbocycles. The molecular weight excluding hydrogens is 294 g/mol. The Morgan fingerprint density at radius 2 is 2.05 bits per heavy atom. The Labute approximate surface area is 124 Å². The van der Waals surface area contributed by atoms with Gasteiger partial charge in [-0.2, -0.15) is 4.31 Å². The third kappa shape index (κ3) is 3.36. The Balaban J connectivity index is 2.21. The Kier molecular flexibility index (Phi) is 4.84. The number of hydrogen-bond acceptors (Lipinski definition) is 4. The minimum absolute atomic E-state index is 0.0968. The van der Waals surface area contributed by atoms with Gasteiger partial charge in [0.15, 0.2) is 0 Å². The zero-order valence-electron chi connectivity index (χ0n) is 11.9. The van der Waals surface area contributed by atoms with Gasteiger partial charge in [0.05, 0.1) is 11.5 Å². The van der Waals surface area contributed by atoms with E-state index in [2.05, 4.69) is 0 Å². The summed E-state index contributed by atoms with van der Waals surface area (Å²) >= 11 is 0. The number of carboxylic acids is 1. The van der Waals surface area contributed by atoms with Crippen LogP contribution < -0.4 is 4.74 Å². The van der Waals surface area contributed by atoms with Gasteiger partial charge in [-0.05, 0) is 43.5 Å². The molecule has 1 aliphatic heterocycles. The summed E-state index contributed by atoms with van der Waals surface area (Å²) in [4.78, 5) is 11.2. The van der Waals surface area contributed by atoms with Gasteiger partial charge in [0, 0.05) is 6.54 Å². The molecule has 1 aromatic rings. The molecule has 1 heterocycles. The molecule has 1 saturated heterocycles. The normalized spacial score (nSPS) is 19.6. The van der Waals surface area contributed by atoms with Crippen LogP contribution in [0, 0.1) is 0 Å². The molecule has 1 aliphatic rings. The van der Waals surface area contributed by atoms with E-state index in [0.29, 0.717) is 25.2 Å². The van der Waals surface area contributed by atoms with Gasteiger partial charge in [0.25, 0.3) is 0 Å². The second kappa shape index (κ2) is 6.44. The highest BCUT2D eigenvalue weighted by Gasteiger charge is 2.39. The van der Waals surface area contributed by atoms with Crippen molar-refractivity contribution in [2.45, 2.75) is 37.1 Å². The number of carboxylic acid groups (broad SMARTS) is 1. The predicted molar refractivity (Wildman–Crippen MR) is 76.8 cm³/mol. The van der Waals surface area contributed by atoms with E-state index in [0.717, 1.165) is 10.7 Å². The number of hydrogen-bond donors (Lipinski definition) is 1. The summed E-state index contributed by atoms with van der Waals surface area (Å²) in [7, 11) is -3.77. The highest BCUT2D eigenvalue weighted by atomic mass is 32.2. The van der Waals surface area contributed by atoms with Gasteiger partial charge in [-0.25, -0.2) is 8.42 Å². The lowest BCUT2D eigenvalue weighted by Crippen LogP contribution is -2.40. The summed E-state index contributed by atoms with van der Waals surface area (Å²) in [6.45, 7) is 2.80. The minimum Gasteiger partial charge on any atom is -0.494 e. The molecular formula is C14H19NO5S. The number of carbonyl (C=O) groups is 1. The molecule has 0 radical (unpaired) electrons. The van der Waals surface area contributed by atoms with E-state index in [1.54, 1.807) is 12.1 Å². The summed E-state index contributed by atoms with van der Waals surface area (Å²) in [6.07, 6.45) is 1.79. The SMILES string of the molecule is CCCOc1ccc(S(=O)(=O)N2CCCC2C(=O)O)cc1. The van der Waals surface area contributed by atoms with Crippen LogP contribution in [0.3, 0.4) is 0 Å². The Morgan fingerprint density at radius 3 is 2.62 bits per heavy atom. The van der Waals surface area contributed by atoms with Crippen molar-refractivity contribution in [3.05, 3.63) is 24.3 Å². The van der Waals surface area contributed by atoms with Crippen molar-refractivity contribution in [3.8, 4) is 5.75 Å². The standard InChI is InChI=1S/C14H19NO5S/c1-2-10-20-11-5-7-12(8-6-11)21(18,19)15-9-3-4-13(15)14(16)17/h5-8,13H,2-4,9-10H2,1H3,(H,16,17). The van der Waals surface area contributed by atoms with Crippen LogP contribution >= 0.6 is 0 Å². The molecule has 0 aromatic heterocycles. The van der Waals surface area contributed by atoms with Crippen LogP contribution in [0.1, 0.15) is 26.2 Å². The summed E-state index contributed by atoms with van der Waals surface area (Å²) in [5, 5.41) is 9.11. The van der Waals surface area contributed by atoms with E-state index in [1.807, 2.05) is 6.92 Å². The molecule has 0 bridgehead atoms. The van der Waals surface area contributed by atoms with E-state index in [-0.39, 0.29) is 11.4 Å². The molecule has 2 rings (SSSR count). The summed E-state index contributed by atoms with van der Waals surface area (Å²) < 4.78 is 31.5. The van der Waals surface area contributed by atoms with E-state index in [1.165, 1.54) is 12.1 Å². The highest BCUT2D eigenvalue weighted by Crippen LogP contribution is 2.27. The summed E-state index contributed by atoms with van der Waals surface area (Å²) in [5.74, 6) is -0.494. The second-order valence-corrected chi connectivity index (χ2v) is 6.82. The maximum absolute atomic E-state index is 12.5. The quantitative estimate of drug-likeness (QED) is 0.864. The van der Waals surface area contributed by atoms with Crippen LogP contribution in [-0.4, -0.2) is 43.0 Å². The smallest absolute Gasteiger partial charge is 0.322 e. The lowest BCUT2D eigenvalue weighted by Gasteiger charge is -2.21. The highest BCUT2D eigenvalue weighted by molar-refractivity contribution is 7.89. The molecule has 1 N–H and O–H groups in total. The van der Waals surface area contributed by atoms with Crippen molar-refractivity contribution in [1.82, 2.24) is 4.31 Å². The number of benzene rings is 1. The first-order valence-electron chi connectivity index (χ1n) is 6.94. The van der Waals surface area contributed by atoms with Crippen LogP contribution in [0.4, 0.5) is 0 Å². The molecule has 6 nitrogen and oxygen atoms in total. The maximum atomic E-state index is 12.5.